The molecule has 7 rings (SSSR count). The maximum absolute atomic E-state index is 15.9. The first-order chi connectivity index (χ1) is 20.7. The lowest BCUT2D eigenvalue weighted by atomic mass is 9.93. The summed E-state index contributed by atoms with van der Waals surface area (Å²) >= 11 is 0. The standard InChI is InChI=1S/C21H24F2N11O8P/c22-9-6-1-2-8(35)40-20-10(23)13(19(41-20)34-16-12(31-32-34)17(36)30-21(25)29-16)42-43(37)38-3-7(6)39-18(9)33-5-28-11-14(24)26-4-27-15(11)33/h4-10,13,18-20,35,37H,1-3H2,(H2,24,26,27)(H3,25,29,30,36)/t6-,7-,8?,9+,10-,13-,18-,19-,20?,43?/m1/s1. The van der Waals surface area contributed by atoms with Gasteiger partial charge in [-0.15, -0.1) is 5.10 Å². The highest BCUT2D eigenvalue weighted by Gasteiger charge is 2.52. The highest BCUT2D eigenvalue weighted by molar-refractivity contribution is 7.40. The summed E-state index contributed by atoms with van der Waals surface area (Å²) in [5.41, 5.74) is 10.9. The Bertz CT molecular complexity index is 1710. The maximum Gasteiger partial charge on any atom is 0.330 e. The van der Waals surface area contributed by atoms with Crippen LogP contribution < -0.4 is 17.0 Å². The average Bonchev–Trinajstić information content (AvgIpc) is 3.72. The van der Waals surface area contributed by atoms with Crippen LogP contribution in [0.2, 0.25) is 0 Å². The second kappa shape index (κ2) is 10.9. The molecular formula is C21H24F2N11O8P. The van der Waals surface area contributed by atoms with E-state index < -0.39 is 69.7 Å². The van der Waals surface area contributed by atoms with Gasteiger partial charge in [-0.3, -0.25) is 14.3 Å². The van der Waals surface area contributed by atoms with Gasteiger partial charge in [-0.2, -0.15) is 9.67 Å². The van der Waals surface area contributed by atoms with Crippen LogP contribution >= 0.6 is 8.60 Å². The summed E-state index contributed by atoms with van der Waals surface area (Å²) in [5.74, 6) is -1.01. The third-order valence-corrected chi connectivity index (χ3v) is 8.25. The Morgan fingerprint density at radius 3 is 2.72 bits per heavy atom. The summed E-state index contributed by atoms with van der Waals surface area (Å²) in [6.45, 7) is -0.358. The number of aliphatic hydroxyl groups excluding tert-OH is 1. The monoisotopic (exact) mass is 627 g/mol. The quantitative estimate of drug-likeness (QED) is 0.172. The minimum absolute atomic E-state index is 0.0110. The van der Waals surface area contributed by atoms with Gasteiger partial charge in [0.05, 0.1) is 19.0 Å². The van der Waals surface area contributed by atoms with Crippen molar-refractivity contribution in [3.8, 4) is 0 Å². The van der Waals surface area contributed by atoms with Gasteiger partial charge >= 0.3 is 8.60 Å². The Labute approximate surface area is 239 Å². The third-order valence-electron chi connectivity index (χ3n) is 7.46. The van der Waals surface area contributed by atoms with E-state index in [4.69, 9.17) is 34.7 Å². The Morgan fingerprint density at radius 2 is 1.88 bits per heavy atom. The fraction of sp³-hybridized carbons (Fsp3) is 0.571. The van der Waals surface area contributed by atoms with E-state index in [9.17, 15) is 14.8 Å². The number of H-pyrrole nitrogens is 1. The van der Waals surface area contributed by atoms with E-state index in [1.807, 2.05) is 0 Å². The number of fused-ring (bicyclic) bond motifs is 5. The fourth-order valence-corrected chi connectivity index (χ4v) is 6.19. The molecule has 22 heteroatoms. The molecule has 0 amide bonds. The number of anilines is 2. The number of nitrogens with one attached hydrogen (secondary N) is 1. The van der Waals surface area contributed by atoms with Gasteiger partial charge in [-0.05, 0) is 12.8 Å². The molecule has 4 aromatic rings. The normalized spacial score (nSPS) is 35.4. The molecule has 3 unspecified atom stereocenters. The smallest absolute Gasteiger partial charge is 0.330 e. The van der Waals surface area contributed by atoms with Crippen LogP contribution in [0.1, 0.15) is 25.3 Å². The Morgan fingerprint density at radius 1 is 1.05 bits per heavy atom. The highest BCUT2D eigenvalue weighted by Crippen LogP contribution is 2.47. The number of aromatic nitrogens is 9. The van der Waals surface area contributed by atoms with Gasteiger partial charge in [0, 0.05) is 5.92 Å². The van der Waals surface area contributed by atoms with Crippen LogP contribution in [0, 0.1) is 5.92 Å². The average molecular weight is 627 g/mol. The topological polar surface area (TPSA) is 259 Å². The zero-order valence-electron chi connectivity index (χ0n) is 21.8. The fourth-order valence-electron chi connectivity index (χ4n) is 5.43. The van der Waals surface area contributed by atoms with Gasteiger partial charge < -0.3 is 44.7 Å². The molecule has 4 aromatic heterocycles. The summed E-state index contributed by atoms with van der Waals surface area (Å²) in [7, 11) is -2.81. The lowest BCUT2D eigenvalue weighted by molar-refractivity contribution is -0.244. The SMILES string of the molecule is Nc1nc2c(nnn2[C@@H]2OC3OC(O)CC[C@H]4[C@H](F)[C@H](n5cnc6c(N)ncnc65)O[C@@H]4COP(O)O[C@@H]2[C@H]3F)c(=O)[nH]1. The molecule has 19 nitrogen and oxygen atoms in total. The Kier molecular flexibility index (Phi) is 7.13. The van der Waals surface area contributed by atoms with E-state index in [-0.39, 0.29) is 53.5 Å². The molecule has 43 heavy (non-hydrogen) atoms. The third kappa shape index (κ3) is 4.86. The van der Waals surface area contributed by atoms with E-state index in [0.717, 1.165) is 4.68 Å². The van der Waals surface area contributed by atoms with Crippen molar-refractivity contribution in [3.63, 3.8) is 0 Å². The molecule has 3 aliphatic rings. The van der Waals surface area contributed by atoms with Gasteiger partial charge in [0.25, 0.3) is 5.56 Å². The van der Waals surface area contributed by atoms with Crippen molar-refractivity contribution in [3.05, 3.63) is 23.0 Å². The molecule has 0 aliphatic carbocycles. The number of rotatable bonds is 2. The van der Waals surface area contributed by atoms with E-state index in [2.05, 4.69) is 35.2 Å². The number of aromatic amines is 1. The van der Waals surface area contributed by atoms with Crippen LogP contribution in [0.15, 0.2) is 17.4 Å². The van der Waals surface area contributed by atoms with Crippen molar-refractivity contribution in [2.75, 3.05) is 18.1 Å². The number of halogens is 2. The minimum atomic E-state index is -2.81. The van der Waals surface area contributed by atoms with Gasteiger partial charge in [-0.25, -0.2) is 23.7 Å². The molecule has 230 valence electrons. The summed E-state index contributed by atoms with van der Waals surface area (Å²) < 4.78 is 61.9. The van der Waals surface area contributed by atoms with Crippen LogP contribution in [-0.2, 0) is 23.3 Å². The van der Waals surface area contributed by atoms with E-state index >= 15 is 8.78 Å². The second-order valence-electron chi connectivity index (χ2n) is 10.0. The second-order valence-corrected chi connectivity index (χ2v) is 11.0. The molecule has 7 N–H and O–H groups in total. The number of hydrogen-bond donors (Lipinski definition) is 5. The van der Waals surface area contributed by atoms with Crippen LogP contribution in [-0.4, -0.2) is 98.2 Å². The van der Waals surface area contributed by atoms with E-state index in [1.165, 1.54) is 17.2 Å². The number of nitrogens with two attached hydrogens (primary N) is 2. The number of alkyl halides is 2. The molecule has 3 fully saturated rings. The molecule has 7 heterocycles. The molecule has 0 spiro atoms. The largest absolute Gasteiger partial charge is 0.382 e. The summed E-state index contributed by atoms with van der Waals surface area (Å²) in [6, 6.07) is 0. The molecule has 10 atom stereocenters. The van der Waals surface area contributed by atoms with Crippen molar-refractivity contribution in [2.45, 2.75) is 62.4 Å². The zero-order valence-corrected chi connectivity index (χ0v) is 22.6. The molecule has 0 saturated carbocycles. The maximum atomic E-state index is 15.9. The Balaban J connectivity index is 1.15. The molecule has 0 aromatic carbocycles. The number of nitrogen functional groups attached to an aromatic ring is 2. The van der Waals surface area contributed by atoms with Crippen molar-refractivity contribution < 1.29 is 42.0 Å². The minimum Gasteiger partial charge on any atom is -0.382 e. The molecule has 2 bridgehead atoms. The zero-order chi connectivity index (χ0) is 30.0. The molecule has 3 aliphatic heterocycles. The van der Waals surface area contributed by atoms with E-state index in [0.29, 0.717) is 0 Å². The van der Waals surface area contributed by atoms with Crippen molar-refractivity contribution in [1.82, 2.24) is 44.5 Å². The molecule has 0 radical (unpaired) electrons. The van der Waals surface area contributed by atoms with Crippen LogP contribution in [0.25, 0.3) is 22.3 Å². The first-order valence-electron chi connectivity index (χ1n) is 12.9. The summed E-state index contributed by atoms with van der Waals surface area (Å²) in [5, 5.41) is 18.2. The van der Waals surface area contributed by atoms with Gasteiger partial charge in [0.2, 0.25) is 5.95 Å². The van der Waals surface area contributed by atoms with Gasteiger partial charge in [0.1, 0.15) is 17.9 Å². The first-order valence-corrected chi connectivity index (χ1v) is 14.1. The van der Waals surface area contributed by atoms with E-state index in [1.54, 1.807) is 0 Å². The van der Waals surface area contributed by atoms with Crippen LogP contribution in [0.4, 0.5) is 20.5 Å². The predicted octanol–water partition coefficient (Wildman–Crippen LogP) is -0.687. The van der Waals surface area contributed by atoms with Crippen molar-refractivity contribution >= 4 is 42.7 Å². The van der Waals surface area contributed by atoms with Gasteiger partial charge in [-0.1, -0.05) is 5.21 Å². The van der Waals surface area contributed by atoms with Crippen molar-refractivity contribution in [2.24, 2.45) is 5.92 Å². The summed E-state index contributed by atoms with van der Waals surface area (Å²) in [4.78, 5) is 41.3. The summed E-state index contributed by atoms with van der Waals surface area (Å²) in [6.07, 6.45) is -9.89. The Hall–Kier alpha value is -3.56. The van der Waals surface area contributed by atoms with Gasteiger partial charge in [0.15, 0.2) is 60.0 Å². The number of ether oxygens (including phenoxy) is 3. The predicted molar refractivity (Wildman–Crippen MR) is 137 cm³/mol. The first kappa shape index (κ1) is 28.2. The number of hydrogen-bond acceptors (Lipinski definition) is 16. The number of nitrogens with zero attached hydrogens (tertiary/aromatic N) is 8. The number of aliphatic hydroxyl groups is 1. The van der Waals surface area contributed by atoms with Crippen molar-refractivity contribution in [1.29, 1.82) is 0 Å². The van der Waals surface area contributed by atoms with Crippen LogP contribution in [0.5, 0.6) is 0 Å². The van der Waals surface area contributed by atoms with Crippen LogP contribution in [0.3, 0.4) is 0 Å². The molecular weight excluding hydrogens is 603 g/mol. The lowest BCUT2D eigenvalue weighted by Gasteiger charge is -2.24. The lowest BCUT2D eigenvalue weighted by Crippen LogP contribution is -2.33. The number of imidazole rings is 1. The molecule has 3 saturated heterocycles. The highest BCUT2D eigenvalue weighted by atomic mass is 31.2.